The zero-order valence-corrected chi connectivity index (χ0v) is 13.7. The van der Waals surface area contributed by atoms with E-state index in [1.165, 1.54) is 16.4 Å². The normalized spacial score (nSPS) is 11.8. The summed E-state index contributed by atoms with van der Waals surface area (Å²) in [7, 11) is -3.56. The maximum absolute atomic E-state index is 12.7. The van der Waals surface area contributed by atoms with Crippen LogP contribution >= 0.6 is 11.6 Å². The minimum Gasteiger partial charge on any atom is -0.329 e. The predicted octanol–water partition coefficient (Wildman–Crippen LogP) is 2.53. The van der Waals surface area contributed by atoms with Gasteiger partial charge in [0, 0.05) is 24.7 Å². The number of rotatable bonds is 7. The maximum Gasteiger partial charge on any atom is 0.243 e. The fraction of sp³-hybridized carbons (Fsp3) is 0.250. The number of benzene rings is 2. The summed E-state index contributed by atoms with van der Waals surface area (Å²) in [5, 5.41) is 0.508. The molecule has 0 spiro atoms. The summed E-state index contributed by atoms with van der Waals surface area (Å²) in [5.74, 6) is 0. The molecular formula is C16H19ClN2O2S. The first-order valence-electron chi connectivity index (χ1n) is 7.04. The Morgan fingerprint density at radius 2 is 1.59 bits per heavy atom. The molecule has 0 aliphatic heterocycles. The SMILES string of the molecule is NCCN(CCc1ccccc1)S(=O)(=O)c1ccc(Cl)cc1. The van der Waals surface area contributed by atoms with Crippen LogP contribution in [0, 0.1) is 0 Å². The highest BCUT2D eigenvalue weighted by atomic mass is 35.5. The van der Waals surface area contributed by atoms with Crippen LogP contribution in [0.3, 0.4) is 0 Å². The summed E-state index contributed by atoms with van der Waals surface area (Å²) in [5.41, 5.74) is 6.66. The molecular weight excluding hydrogens is 320 g/mol. The molecule has 0 aromatic heterocycles. The zero-order chi connectivity index (χ0) is 16.0. The average molecular weight is 339 g/mol. The van der Waals surface area contributed by atoms with Crippen LogP contribution in [0.4, 0.5) is 0 Å². The smallest absolute Gasteiger partial charge is 0.243 e. The molecule has 0 fully saturated rings. The molecule has 2 rings (SSSR count). The van der Waals surface area contributed by atoms with Crippen molar-refractivity contribution in [2.75, 3.05) is 19.6 Å². The van der Waals surface area contributed by atoms with Crippen molar-refractivity contribution in [3.63, 3.8) is 0 Å². The summed E-state index contributed by atoms with van der Waals surface area (Å²) >= 11 is 5.82. The van der Waals surface area contributed by atoms with Gasteiger partial charge in [-0.25, -0.2) is 8.42 Å². The van der Waals surface area contributed by atoms with E-state index in [0.29, 0.717) is 18.0 Å². The molecule has 118 valence electrons. The van der Waals surface area contributed by atoms with E-state index in [4.69, 9.17) is 17.3 Å². The summed E-state index contributed by atoms with van der Waals surface area (Å²) in [6.07, 6.45) is 0.646. The Labute approximate surface area is 136 Å². The van der Waals surface area contributed by atoms with Crippen LogP contribution < -0.4 is 5.73 Å². The maximum atomic E-state index is 12.7. The molecule has 0 saturated carbocycles. The molecule has 2 aromatic carbocycles. The number of sulfonamides is 1. The van der Waals surface area contributed by atoms with Crippen molar-refractivity contribution in [2.45, 2.75) is 11.3 Å². The van der Waals surface area contributed by atoms with Gasteiger partial charge in [-0.2, -0.15) is 4.31 Å². The molecule has 4 nitrogen and oxygen atoms in total. The van der Waals surface area contributed by atoms with E-state index in [0.717, 1.165) is 5.56 Å². The van der Waals surface area contributed by atoms with E-state index in [-0.39, 0.29) is 18.0 Å². The van der Waals surface area contributed by atoms with Crippen molar-refractivity contribution < 1.29 is 8.42 Å². The Morgan fingerprint density at radius 1 is 0.955 bits per heavy atom. The second-order valence-electron chi connectivity index (χ2n) is 4.88. The molecule has 0 radical (unpaired) electrons. The van der Waals surface area contributed by atoms with Gasteiger partial charge in [0.1, 0.15) is 0 Å². The van der Waals surface area contributed by atoms with Crippen LogP contribution in [0.25, 0.3) is 0 Å². The third kappa shape index (κ3) is 4.30. The van der Waals surface area contributed by atoms with Crippen molar-refractivity contribution in [1.82, 2.24) is 4.31 Å². The minimum absolute atomic E-state index is 0.235. The van der Waals surface area contributed by atoms with Crippen LogP contribution in [-0.2, 0) is 16.4 Å². The lowest BCUT2D eigenvalue weighted by Gasteiger charge is -2.21. The molecule has 22 heavy (non-hydrogen) atoms. The van der Waals surface area contributed by atoms with Gasteiger partial charge in [0.15, 0.2) is 0 Å². The predicted molar refractivity (Wildman–Crippen MR) is 89.4 cm³/mol. The van der Waals surface area contributed by atoms with Gasteiger partial charge in [0.2, 0.25) is 10.0 Å². The molecule has 0 saturated heterocycles. The summed E-state index contributed by atoms with van der Waals surface area (Å²) in [6, 6.07) is 16.0. The van der Waals surface area contributed by atoms with E-state index in [1.54, 1.807) is 12.1 Å². The fourth-order valence-electron chi connectivity index (χ4n) is 2.15. The summed E-state index contributed by atoms with van der Waals surface area (Å²) in [4.78, 5) is 0.235. The second kappa shape index (κ2) is 7.74. The third-order valence-electron chi connectivity index (χ3n) is 3.32. The van der Waals surface area contributed by atoms with Gasteiger partial charge >= 0.3 is 0 Å². The molecule has 0 unspecified atom stereocenters. The lowest BCUT2D eigenvalue weighted by Crippen LogP contribution is -2.36. The van der Waals surface area contributed by atoms with Crippen molar-refractivity contribution in [2.24, 2.45) is 5.73 Å². The zero-order valence-electron chi connectivity index (χ0n) is 12.2. The Kier molecular flexibility index (Phi) is 5.97. The lowest BCUT2D eigenvalue weighted by atomic mass is 10.1. The highest BCUT2D eigenvalue weighted by Crippen LogP contribution is 2.18. The van der Waals surface area contributed by atoms with Crippen LogP contribution in [0.1, 0.15) is 5.56 Å². The third-order valence-corrected chi connectivity index (χ3v) is 5.49. The Morgan fingerprint density at radius 3 is 2.18 bits per heavy atom. The first-order chi connectivity index (χ1) is 10.5. The van der Waals surface area contributed by atoms with Gasteiger partial charge in [-0.05, 0) is 36.2 Å². The highest BCUT2D eigenvalue weighted by Gasteiger charge is 2.23. The van der Waals surface area contributed by atoms with E-state index >= 15 is 0 Å². The molecule has 0 heterocycles. The molecule has 6 heteroatoms. The number of hydrogen-bond donors (Lipinski definition) is 1. The van der Waals surface area contributed by atoms with E-state index in [1.807, 2.05) is 30.3 Å². The number of nitrogens with two attached hydrogens (primary N) is 1. The van der Waals surface area contributed by atoms with Gasteiger partial charge < -0.3 is 5.73 Å². The number of nitrogens with zero attached hydrogens (tertiary/aromatic N) is 1. The van der Waals surface area contributed by atoms with Crippen molar-refractivity contribution in [1.29, 1.82) is 0 Å². The first kappa shape index (κ1) is 17.0. The van der Waals surface area contributed by atoms with Gasteiger partial charge in [-0.1, -0.05) is 41.9 Å². The standard InChI is InChI=1S/C16H19ClN2O2S/c17-15-6-8-16(9-7-15)22(20,21)19(13-11-18)12-10-14-4-2-1-3-5-14/h1-9H,10-13,18H2. The van der Waals surface area contributed by atoms with Crippen LogP contribution in [-0.4, -0.2) is 32.4 Å². The molecule has 0 aliphatic rings. The van der Waals surface area contributed by atoms with Gasteiger partial charge in [0.25, 0.3) is 0 Å². The van der Waals surface area contributed by atoms with Crippen molar-refractivity contribution in [3.05, 3.63) is 65.2 Å². The van der Waals surface area contributed by atoms with E-state index < -0.39 is 10.0 Å². The molecule has 0 aliphatic carbocycles. The van der Waals surface area contributed by atoms with Gasteiger partial charge in [-0.15, -0.1) is 0 Å². The molecule has 0 bridgehead atoms. The second-order valence-corrected chi connectivity index (χ2v) is 7.26. The van der Waals surface area contributed by atoms with Gasteiger partial charge in [-0.3, -0.25) is 0 Å². The van der Waals surface area contributed by atoms with Crippen LogP contribution in [0.2, 0.25) is 5.02 Å². The Balaban J connectivity index is 2.17. The first-order valence-corrected chi connectivity index (χ1v) is 8.85. The van der Waals surface area contributed by atoms with E-state index in [9.17, 15) is 8.42 Å². The summed E-state index contributed by atoms with van der Waals surface area (Å²) in [6.45, 7) is 0.964. The molecule has 0 amide bonds. The lowest BCUT2D eigenvalue weighted by molar-refractivity contribution is 0.421. The number of hydrogen-bond acceptors (Lipinski definition) is 3. The van der Waals surface area contributed by atoms with Gasteiger partial charge in [0.05, 0.1) is 4.90 Å². The highest BCUT2D eigenvalue weighted by molar-refractivity contribution is 7.89. The largest absolute Gasteiger partial charge is 0.329 e. The summed E-state index contributed by atoms with van der Waals surface area (Å²) < 4.78 is 26.8. The molecule has 2 N–H and O–H groups in total. The molecule has 2 aromatic rings. The monoisotopic (exact) mass is 338 g/mol. The van der Waals surface area contributed by atoms with Crippen molar-refractivity contribution in [3.8, 4) is 0 Å². The minimum atomic E-state index is -3.56. The fourth-order valence-corrected chi connectivity index (χ4v) is 3.73. The molecule has 0 atom stereocenters. The number of halogens is 1. The Hall–Kier alpha value is -1.40. The van der Waals surface area contributed by atoms with E-state index in [2.05, 4.69) is 0 Å². The average Bonchev–Trinajstić information content (AvgIpc) is 2.52. The Bertz CT molecular complexity index is 688. The van der Waals surface area contributed by atoms with Crippen LogP contribution in [0.5, 0.6) is 0 Å². The van der Waals surface area contributed by atoms with Crippen LogP contribution in [0.15, 0.2) is 59.5 Å². The topological polar surface area (TPSA) is 63.4 Å². The quantitative estimate of drug-likeness (QED) is 0.843. The van der Waals surface area contributed by atoms with Crippen molar-refractivity contribution >= 4 is 21.6 Å².